The number of hydrogen-bond donors (Lipinski definition) is 5. The van der Waals surface area contributed by atoms with Gasteiger partial charge in [-0.25, -0.2) is 14.4 Å². The fourth-order valence-electron chi connectivity index (χ4n) is 4.98. The summed E-state index contributed by atoms with van der Waals surface area (Å²) in [4.78, 5) is 30.7. The number of hydrogen-bond acceptors (Lipinski definition) is 7. The Kier molecular flexibility index (Phi) is 16.0. The minimum absolute atomic E-state index is 0.0638. The van der Waals surface area contributed by atoms with Crippen LogP contribution in [0.3, 0.4) is 0 Å². The van der Waals surface area contributed by atoms with E-state index in [-0.39, 0.29) is 23.9 Å². The molecule has 0 bridgehead atoms. The number of benzene rings is 1. The number of esters is 1. The quantitative estimate of drug-likeness (QED) is 0.235. The number of aliphatic hydroxyl groups is 1. The van der Waals surface area contributed by atoms with Crippen LogP contribution in [0.25, 0.3) is 0 Å². The van der Waals surface area contributed by atoms with Crippen molar-refractivity contribution in [2.24, 2.45) is 11.8 Å². The van der Waals surface area contributed by atoms with Crippen molar-refractivity contribution in [2.45, 2.75) is 82.3 Å². The molecule has 0 aromatic heterocycles. The zero-order valence-electron chi connectivity index (χ0n) is 23.8. The number of carboxylic acid groups (broad SMARTS) is 2. The molecule has 1 saturated heterocycles. The van der Waals surface area contributed by atoms with E-state index in [1.807, 2.05) is 18.2 Å². The number of ether oxygens (including phenoxy) is 1. The first kappa shape index (κ1) is 38.1. The minimum atomic E-state index is -5.08. The van der Waals surface area contributed by atoms with Crippen LogP contribution in [0.15, 0.2) is 30.3 Å². The number of alkyl halides is 6. The maximum Gasteiger partial charge on any atom is 0.490 e. The number of carbonyl (C=O) groups excluding carboxylic acids is 1. The maximum atomic E-state index is 13.0. The van der Waals surface area contributed by atoms with Gasteiger partial charge in [0.05, 0.1) is 11.7 Å². The Morgan fingerprint density at radius 3 is 1.84 bits per heavy atom. The largest absolute Gasteiger partial charge is 0.490 e. The highest BCUT2D eigenvalue weighted by Gasteiger charge is 2.44. The third-order valence-corrected chi connectivity index (χ3v) is 7.20. The molecular formula is C28H40F6N2O7. The van der Waals surface area contributed by atoms with Crippen molar-refractivity contribution in [1.82, 2.24) is 10.6 Å². The second kappa shape index (κ2) is 18.0. The molecule has 2 aliphatic rings. The summed E-state index contributed by atoms with van der Waals surface area (Å²) < 4.78 is 69.7. The first-order valence-electron chi connectivity index (χ1n) is 14.0. The molecule has 15 heteroatoms. The number of rotatable bonds is 3. The van der Waals surface area contributed by atoms with Crippen molar-refractivity contribution in [1.29, 1.82) is 0 Å². The van der Waals surface area contributed by atoms with Gasteiger partial charge in [0.1, 0.15) is 5.60 Å². The number of aliphatic carboxylic acids is 2. The van der Waals surface area contributed by atoms with E-state index in [9.17, 15) is 36.2 Å². The van der Waals surface area contributed by atoms with Crippen LogP contribution in [-0.2, 0) is 14.3 Å². The number of carboxylic acids is 2. The summed E-state index contributed by atoms with van der Waals surface area (Å²) in [6.07, 6.45) is -1.73. The monoisotopic (exact) mass is 630 g/mol. The van der Waals surface area contributed by atoms with Gasteiger partial charge >= 0.3 is 30.3 Å². The average molecular weight is 631 g/mol. The Balaban J connectivity index is 0.000000548. The van der Waals surface area contributed by atoms with E-state index in [0.29, 0.717) is 12.1 Å². The van der Waals surface area contributed by atoms with Crippen LogP contribution in [0.5, 0.6) is 0 Å². The van der Waals surface area contributed by atoms with Crippen molar-refractivity contribution in [3.05, 3.63) is 35.9 Å². The molecule has 4 atom stereocenters. The van der Waals surface area contributed by atoms with Crippen molar-refractivity contribution >= 4 is 17.9 Å². The molecule has 1 heterocycles. The van der Waals surface area contributed by atoms with Crippen LogP contribution >= 0.6 is 0 Å². The van der Waals surface area contributed by atoms with Gasteiger partial charge < -0.3 is 30.7 Å². The number of halogens is 6. The lowest BCUT2D eigenvalue weighted by molar-refractivity contribution is -0.193. The smallest absolute Gasteiger partial charge is 0.475 e. The summed E-state index contributed by atoms with van der Waals surface area (Å²) in [5, 5.41) is 32.4. The van der Waals surface area contributed by atoms with Crippen molar-refractivity contribution in [3.8, 4) is 0 Å². The highest BCUT2D eigenvalue weighted by atomic mass is 19.4. The van der Waals surface area contributed by atoms with E-state index in [1.165, 1.54) is 19.3 Å². The standard InChI is InChI=1S/C24H38N2O3.2C2HF3O2/c1-24(29-23(28)19-11-6-5-7-12-19)18-26-16-10-15-25-17-21(24)20-13-8-3-2-4-9-14-22(20)27;2*3-2(4,5)1(6)7/h5-7,11-12,20-22,25-27H,2-4,8-10,13-18H2,1H3;2*(H,6,7). The molecule has 1 aliphatic carbocycles. The Morgan fingerprint density at radius 2 is 1.30 bits per heavy atom. The van der Waals surface area contributed by atoms with Gasteiger partial charge in [-0.2, -0.15) is 26.3 Å². The summed E-state index contributed by atoms with van der Waals surface area (Å²) >= 11 is 0. The molecule has 0 amide bonds. The number of aliphatic hydroxyl groups excluding tert-OH is 1. The van der Waals surface area contributed by atoms with E-state index < -0.39 is 29.9 Å². The normalized spacial score (nSPS) is 25.6. The highest BCUT2D eigenvalue weighted by Crippen LogP contribution is 2.37. The van der Waals surface area contributed by atoms with E-state index in [4.69, 9.17) is 24.5 Å². The van der Waals surface area contributed by atoms with Crippen molar-refractivity contribution < 1.29 is 60.8 Å². The van der Waals surface area contributed by atoms with Crippen LogP contribution in [0, 0.1) is 11.8 Å². The maximum absolute atomic E-state index is 13.0. The molecule has 1 aromatic rings. The Hall–Kier alpha value is -2.91. The van der Waals surface area contributed by atoms with Crippen LogP contribution in [-0.4, -0.2) is 83.5 Å². The predicted octanol–water partition coefficient (Wildman–Crippen LogP) is 4.79. The van der Waals surface area contributed by atoms with Crippen LogP contribution in [0.1, 0.15) is 68.6 Å². The summed E-state index contributed by atoms with van der Waals surface area (Å²) in [7, 11) is 0. The predicted molar refractivity (Wildman–Crippen MR) is 143 cm³/mol. The Labute approximate surface area is 246 Å². The Morgan fingerprint density at radius 1 is 0.814 bits per heavy atom. The number of carbonyl (C=O) groups is 3. The third kappa shape index (κ3) is 14.4. The molecule has 0 spiro atoms. The minimum Gasteiger partial charge on any atom is -0.475 e. The molecule has 43 heavy (non-hydrogen) atoms. The molecule has 4 unspecified atom stereocenters. The summed E-state index contributed by atoms with van der Waals surface area (Å²) in [6, 6.07) is 9.23. The molecule has 5 N–H and O–H groups in total. The number of nitrogens with one attached hydrogen (secondary N) is 2. The summed E-state index contributed by atoms with van der Waals surface area (Å²) in [5.74, 6) is -5.60. The summed E-state index contributed by atoms with van der Waals surface area (Å²) in [5.41, 5.74) is -0.0976. The van der Waals surface area contributed by atoms with Crippen LogP contribution in [0.4, 0.5) is 26.3 Å². The highest BCUT2D eigenvalue weighted by molar-refractivity contribution is 5.89. The van der Waals surface area contributed by atoms with Gasteiger partial charge in [-0.05, 0) is 57.3 Å². The van der Waals surface area contributed by atoms with Crippen LogP contribution in [0.2, 0.25) is 0 Å². The van der Waals surface area contributed by atoms with Gasteiger partial charge in [-0.3, -0.25) is 0 Å². The molecule has 0 radical (unpaired) electrons. The topological polar surface area (TPSA) is 145 Å². The molecule has 9 nitrogen and oxygen atoms in total. The van der Waals surface area contributed by atoms with Crippen LogP contribution < -0.4 is 10.6 Å². The van der Waals surface area contributed by atoms with Gasteiger partial charge in [0.15, 0.2) is 0 Å². The zero-order valence-corrected chi connectivity index (χ0v) is 23.8. The lowest BCUT2D eigenvalue weighted by atomic mass is 9.73. The van der Waals surface area contributed by atoms with E-state index in [0.717, 1.165) is 51.7 Å². The van der Waals surface area contributed by atoms with E-state index in [2.05, 4.69) is 17.6 Å². The van der Waals surface area contributed by atoms with Gasteiger partial charge in [0.25, 0.3) is 0 Å². The fourth-order valence-corrected chi connectivity index (χ4v) is 4.98. The SMILES string of the molecule is CC1(OC(=O)c2ccccc2)CNCCCNCC1C1CCCCCCCC1O.O=C(O)C(F)(F)F.O=C(O)C(F)(F)F. The molecule has 2 fully saturated rings. The first-order chi connectivity index (χ1) is 20.0. The molecule has 3 rings (SSSR count). The van der Waals surface area contributed by atoms with Gasteiger partial charge in [-0.15, -0.1) is 0 Å². The van der Waals surface area contributed by atoms with Gasteiger partial charge in [0.2, 0.25) is 0 Å². The van der Waals surface area contributed by atoms with Gasteiger partial charge in [0, 0.05) is 19.0 Å². The van der Waals surface area contributed by atoms with Crippen molar-refractivity contribution in [2.75, 3.05) is 26.2 Å². The second-order valence-electron chi connectivity index (χ2n) is 10.6. The third-order valence-electron chi connectivity index (χ3n) is 7.20. The first-order valence-corrected chi connectivity index (χ1v) is 14.0. The fraction of sp³-hybridized carbons (Fsp3) is 0.679. The molecular weight excluding hydrogens is 590 g/mol. The molecule has 1 saturated carbocycles. The lowest BCUT2D eigenvalue weighted by Crippen LogP contribution is -2.54. The molecule has 1 aliphatic heterocycles. The lowest BCUT2D eigenvalue weighted by Gasteiger charge is -2.43. The summed E-state index contributed by atoms with van der Waals surface area (Å²) in [6.45, 7) is 5.27. The van der Waals surface area contributed by atoms with Crippen molar-refractivity contribution in [3.63, 3.8) is 0 Å². The average Bonchev–Trinajstić information content (AvgIpc) is 3.08. The molecule has 1 aromatic carbocycles. The van der Waals surface area contributed by atoms with Gasteiger partial charge in [-0.1, -0.05) is 50.3 Å². The van der Waals surface area contributed by atoms with E-state index >= 15 is 0 Å². The molecule has 246 valence electrons. The zero-order chi connectivity index (χ0) is 32.7. The van der Waals surface area contributed by atoms with E-state index in [1.54, 1.807) is 12.1 Å². The second-order valence-corrected chi connectivity index (χ2v) is 10.6. The Bertz CT molecular complexity index is 970.